The molecule has 2 aliphatic heterocycles. The maximum Gasteiger partial charge on any atom is 0.0235 e. The second-order valence-electron chi connectivity index (χ2n) is 7.68. The molecule has 0 amide bonds. The van der Waals surface area contributed by atoms with Crippen molar-refractivity contribution in [2.45, 2.75) is 75.8 Å². The lowest BCUT2D eigenvalue weighted by Gasteiger charge is -2.38. The zero-order chi connectivity index (χ0) is 14.5. The van der Waals surface area contributed by atoms with E-state index in [1.54, 1.807) is 0 Å². The van der Waals surface area contributed by atoms with Crippen molar-refractivity contribution in [3.05, 3.63) is 0 Å². The van der Waals surface area contributed by atoms with Crippen LogP contribution in [0, 0.1) is 0 Å². The Morgan fingerprint density at radius 2 is 1.67 bits per heavy atom. The van der Waals surface area contributed by atoms with Crippen molar-refractivity contribution in [1.82, 2.24) is 15.1 Å². The fourth-order valence-electron chi connectivity index (χ4n) is 4.82. The van der Waals surface area contributed by atoms with Crippen LogP contribution in [0.1, 0.15) is 64.2 Å². The molecule has 3 aliphatic rings. The zero-order valence-corrected chi connectivity index (χ0v) is 14.1. The van der Waals surface area contributed by atoms with Gasteiger partial charge in [-0.25, -0.2) is 0 Å². The van der Waals surface area contributed by atoms with E-state index < -0.39 is 0 Å². The van der Waals surface area contributed by atoms with Crippen LogP contribution < -0.4 is 5.32 Å². The summed E-state index contributed by atoms with van der Waals surface area (Å²) in [6, 6.07) is 0.863. The Bertz CT molecular complexity index is 306. The highest BCUT2D eigenvalue weighted by Crippen LogP contribution is 2.31. The van der Waals surface area contributed by atoms with Crippen LogP contribution in [0.2, 0.25) is 0 Å². The van der Waals surface area contributed by atoms with Crippen LogP contribution in [0.4, 0.5) is 0 Å². The first kappa shape index (κ1) is 15.8. The number of hydrogen-bond acceptors (Lipinski definition) is 3. The van der Waals surface area contributed by atoms with Gasteiger partial charge in [0.25, 0.3) is 0 Å². The minimum atomic E-state index is 0.460. The number of piperidine rings is 1. The van der Waals surface area contributed by atoms with E-state index in [-0.39, 0.29) is 0 Å². The third-order valence-corrected chi connectivity index (χ3v) is 6.40. The Balaban J connectivity index is 1.43. The van der Waals surface area contributed by atoms with Gasteiger partial charge in [-0.1, -0.05) is 25.7 Å². The van der Waals surface area contributed by atoms with Gasteiger partial charge in [-0.3, -0.25) is 4.90 Å². The molecule has 0 aromatic rings. The highest BCUT2D eigenvalue weighted by molar-refractivity contribution is 4.92. The van der Waals surface area contributed by atoms with Crippen LogP contribution in [0.15, 0.2) is 0 Å². The molecule has 0 spiro atoms. The summed E-state index contributed by atoms with van der Waals surface area (Å²) in [6.45, 7) is 6.70. The molecular formula is C18H35N3. The first-order valence-electron chi connectivity index (χ1n) is 9.47. The van der Waals surface area contributed by atoms with Gasteiger partial charge in [0.2, 0.25) is 0 Å². The molecule has 1 atom stereocenters. The van der Waals surface area contributed by atoms with Gasteiger partial charge in [0.15, 0.2) is 0 Å². The summed E-state index contributed by atoms with van der Waals surface area (Å²) >= 11 is 0. The Morgan fingerprint density at radius 1 is 0.952 bits per heavy atom. The minimum Gasteiger partial charge on any atom is -0.314 e. The molecule has 0 radical (unpaired) electrons. The number of rotatable bonds is 5. The molecule has 0 bridgehead atoms. The van der Waals surface area contributed by atoms with Crippen molar-refractivity contribution < 1.29 is 0 Å². The van der Waals surface area contributed by atoms with Gasteiger partial charge in [-0.05, 0) is 71.8 Å². The lowest BCUT2D eigenvalue weighted by molar-refractivity contribution is 0.154. The Kier molecular flexibility index (Phi) is 5.58. The van der Waals surface area contributed by atoms with E-state index >= 15 is 0 Å². The van der Waals surface area contributed by atoms with Gasteiger partial charge >= 0.3 is 0 Å². The zero-order valence-electron chi connectivity index (χ0n) is 14.1. The van der Waals surface area contributed by atoms with E-state index in [4.69, 9.17) is 0 Å². The monoisotopic (exact) mass is 293 g/mol. The number of nitrogens with one attached hydrogen (secondary N) is 1. The van der Waals surface area contributed by atoms with E-state index in [0.29, 0.717) is 5.54 Å². The third kappa shape index (κ3) is 4.00. The van der Waals surface area contributed by atoms with Crippen molar-refractivity contribution in [2.75, 3.05) is 39.8 Å². The summed E-state index contributed by atoms with van der Waals surface area (Å²) in [6.07, 6.45) is 14.2. The summed E-state index contributed by atoms with van der Waals surface area (Å²) in [5.41, 5.74) is 0.460. The third-order valence-electron chi connectivity index (χ3n) is 6.40. The largest absolute Gasteiger partial charge is 0.314 e. The standard InChI is InChI=1S/C18H35N3/c1-19-18(9-4-2-5-10-18)11-15-20-14-8-17(16-20)21-12-6-3-7-13-21/h17,19H,2-16H2,1H3. The smallest absolute Gasteiger partial charge is 0.0235 e. The van der Waals surface area contributed by atoms with Gasteiger partial charge in [-0.2, -0.15) is 0 Å². The van der Waals surface area contributed by atoms with Crippen LogP contribution >= 0.6 is 0 Å². The number of likely N-dealkylation sites (tertiary alicyclic amines) is 2. The van der Waals surface area contributed by atoms with E-state index in [9.17, 15) is 0 Å². The van der Waals surface area contributed by atoms with Crippen molar-refractivity contribution >= 4 is 0 Å². The first-order chi connectivity index (χ1) is 10.3. The van der Waals surface area contributed by atoms with E-state index in [1.165, 1.54) is 96.9 Å². The highest BCUT2D eigenvalue weighted by Gasteiger charge is 2.33. The van der Waals surface area contributed by atoms with Crippen LogP contribution in [-0.4, -0.2) is 61.2 Å². The lowest BCUT2D eigenvalue weighted by atomic mass is 9.79. The maximum atomic E-state index is 3.68. The second kappa shape index (κ2) is 7.43. The normalized spacial score (nSPS) is 31.6. The van der Waals surface area contributed by atoms with E-state index in [2.05, 4.69) is 22.2 Å². The first-order valence-corrected chi connectivity index (χ1v) is 9.47. The van der Waals surface area contributed by atoms with E-state index in [1.807, 2.05) is 0 Å². The Morgan fingerprint density at radius 3 is 2.38 bits per heavy atom. The van der Waals surface area contributed by atoms with Crippen molar-refractivity contribution in [3.8, 4) is 0 Å². The topological polar surface area (TPSA) is 18.5 Å². The fraction of sp³-hybridized carbons (Fsp3) is 1.00. The van der Waals surface area contributed by atoms with E-state index in [0.717, 1.165) is 6.04 Å². The highest BCUT2D eigenvalue weighted by atomic mass is 15.3. The molecule has 1 saturated carbocycles. The molecule has 0 aromatic carbocycles. The van der Waals surface area contributed by atoms with Crippen LogP contribution in [0.5, 0.6) is 0 Å². The number of hydrogen-bond donors (Lipinski definition) is 1. The second-order valence-corrected chi connectivity index (χ2v) is 7.68. The molecule has 21 heavy (non-hydrogen) atoms. The molecule has 2 heterocycles. The summed E-state index contributed by atoms with van der Waals surface area (Å²) in [5.74, 6) is 0. The predicted octanol–water partition coefficient (Wildman–Crippen LogP) is 2.86. The average Bonchev–Trinajstić information content (AvgIpc) is 3.04. The molecule has 3 rings (SSSR count). The molecule has 0 aromatic heterocycles. The maximum absolute atomic E-state index is 3.68. The number of nitrogens with zero attached hydrogens (tertiary/aromatic N) is 2. The van der Waals surface area contributed by atoms with Gasteiger partial charge in [0.05, 0.1) is 0 Å². The fourth-order valence-corrected chi connectivity index (χ4v) is 4.82. The minimum absolute atomic E-state index is 0.460. The van der Waals surface area contributed by atoms with Gasteiger partial charge in [0, 0.05) is 18.1 Å². The van der Waals surface area contributed by atoms with Crippen LogP contribution in [0.3, 0.4) is 0 Å². The summed E-state index contributed by atoms with van der Waals surface area (Å²) in [5, 5.41) is 3.68. The molecule has 122 valence electrons. The van der Waals surface area contributed by atoms with Crippen LogP contribution in [-0.2, 0) is 0 Å². The molecule has 1 N–H and O–H groups in total. The van der Waals surface area contributed by atoms with Crippen LogP contribution in [0.25, 0.3) is 0 Å². The predicted molar refractivity (Wildman–Crippen MR) is 89.8 cm³/mol. The Hall–Kier alpha value is -0.120. The van der Waals surface area contributed by atoms with Crippen molar-refractivity contribution in [3.63, 3.8) is 0 Å². The molecular weight excluding hydrogens is 258 g/mol. The van der Waals surface area contributed by atoms with Gasteiger partial charge in [-0.15, -0.1) is 0 Å². The molecule has 3 fully saturated rings. The molecule has 2 saturated heterocycles. The quantitative estimate of drug-likeness (QED) is 0.841. The molecule has 1 unspecified atom stereocenters. The van der Waals surface area contributed by atoms with Crippen molar-refractivity contribution in [1.29, 1.82) is 0 Å². The summed E-state index contributed by atoms with van der Waals surface area (Å²) < 4.78 is 0. The summed E-state index contributed by atoms with van der Waals surface area (Å²) in [4.78, 5) is 5.52. The summed E-state index contributed by atoms with van der Waals surface area (Å²) in [7, 11) is 2.19. The van der Waals surface area contributed by atoms with Gasteiger partial charge in [0.1, 0.15) is 0 Å². The van der Waals surface area contributed by atoms with Gasteiger partial charge < -0.3 is 10.2 Å². The van der Waals surface area contributed by atoms with Crippen molar-refractivity contribution in [2.24, 2.45) is 0 Å². The Labute approximate surface area is 131 Å². The average molecular weight is 293 g/mol. The lowest BCUT2D eigenvalue weighted by Crippen LogP contribution is -2.47. The molecule has 1 aliphatic carbocycles. The molecule has 3 nitrogen and oxygen atoms in total. The SMILES string of the molecule is CNC1(CCN2CCC(N3CCCCC3)C2)CCCCC1. The molecule has 3 heteroatoms.